The monoisotopic (exact) mass is 270 g/mol. The van der Waals surface area contributed by atoms with Crippen molar-refractivity contribution in [1.82, 2.24) is 20.5 Å². The van der Waals surface area contributed by atoms with Gasteiger partial charge in [-0.2, -0.15) is 5.10 Å². The lowest BCUT2D eigenvalue weighted by Gasteiger charge is -2.27. The van der Waals surface area contributed by atoms with Gasteiger partial charge in [0.2, 0.25) is 0 Å². The maximum atomic E-state index is 12.0. The Bertz CT molecular complexity index is 394. The number of nitrogens with zero attached hydrogens (tertiary/aromatic N) is 2. The first-order chi connectivity index (χ1) is 8.64. The highest BCUT2D eigenvalue weighted by Gasteiger charge is 2.39. The van der Waals surface area contributed by atoms with Crippen LogP contribution in [0.4, 0.5) is 0 Å². The lowest BCUT2D eigenvalue weighted by molar-refractivity contribution is -0.149. The van der Waals surface area contributed by atoms with Crippen LogP contribution >= 0.6 is 11.8 Å². The molecule has 0 bridgehead atoms. The molecule has 0 saturated heterocycles. The van der Waals surface area contributed by atoms with Gasteiger partial charge in [-0.15, -0.1) is 0 Å². The minimum absolute atomic E-state index is 0.205. The average molecular weight is 270 g/mol. The van der Waals surface area contributed by atoms with Crippen LogP contribution in [0.15, 0.2) is 11.5 Å². The highest BCUT2D eigenvalue weighted by Crippen LogP contribution is 2.26. The summed E-state index contributed by atoms with van der Waals surface area (Å²) in [5.74, 6) is 0.362. The van der Waals surface area contributed by atoms with Crippen LogP contribution in [0.2, 0.25) is 0 Å². The molecular weight excluding hydrogens is 252 g/mol. The molecule has 7 heteroatoms. The fourth-order valence-corrected chi connectivity index (χ4v) is 2.47. The summed E-state index contributed by atoms with van der Waals surface area (Å²) in [7, 11) is 0. The molecule has 2 N–H and O–H groups in total. The summed E-state index contributed by atoms with van der Waals surface area (Å²) in [5.41, 5.74) is -0.672. The van der Waals surface area contributed by atoms with Crippen molar-refractivity contribution in [1.29, 1.82) is 0 Å². The number of esters is 1. The zero-order valence-corrected chi connectivity index (χ0v) is 11.4. The Morgan fingerprint density at radius 1 is 1.72 bits per heavy atom. The van der Waals surface area contributed by atoms with Gasteiger partial charge in [0, 0.05) is 11.8 Å². The van der Waals surface area contributed by atoms with Gasteiger partial charge in [-0.3, -0.25) is 15.2 Å². The third-order valence-corrected chi connectivity index (χ3v) is 3.91. The summed E-state index contributed by atoms with van der Waals surface area (Å²) in [4.78, 5) is 16.1. The molecule has 6 nitrogen and oxygen atoms in total. The summed E-state index contributed by atoms with van der Waals surface area (Å²) >= 11 is 1.47. The number of hydrogen-bond donors (Lipinski definition) is 2. The van der Waals surface area contributed by atoms with Gasteiger partial charge in [0.25, 0.3) is 0 Å². The minimum Gasteiger partial charge on any atom is -0.465 e. The molecule has 0 amide bonds. The highest BCUT2D eigenvalue weighted by atomic mass is 32.2. The van der Waals surface area contributed by atoms with Crippen molar-refractivity contribution in [3.8, 4) is 0 Å². The molecule has 1 fully saturated rings. The first-order valence-corrected chi connectivity index (χ1v) is 7.05. The van der Waals surface area contributed by atoms with E-state index in [0.717, 1.165) is 12.8 Å². The molecule has 0 radical (unpaired) electrons. The van der Waals surface area contributed by atoms with E-state index in [2.05, 4.69) is 20.5 Å². The van der Waals surface area contributed by atoms with Gasteiger partial charge in [-0.1, -0.05) is 11.8 Å². The van der Waals surface area contributed by atoms with Crippen molar-refractivity contribution in [2.75, 3.05) is 12.4 Å². The Kier molecular flexibility index (Phi) is 4.23. The Hall–Kier alpha value is -1.08. The zero-order chi connectivity index (χ0) is 13.0. The maximum Gasteiger partial charge on any atom is 0.326 e. The van der Waals surface area contributed by atoms with Gasteiger partial charge in [0.15, 0.2) is 5.16 Å². The number of carbonyl (C=O) groups is 1. The van der Waals surface area contributed by atoms with Crippen LogP contribution in [0, 0.1) is 0 Å². The maximum absolute atomic E-state index is 12.0. The van der Waals surface area contributed by atoms with Crippen LogP contribution in [0.5, 0.6) is 0 Å². The van der Waals surface area contributed by atoms with Gasteiger partial charge in [0.05, 0.1) is 6.61 Å². The number of rotatable bonds is 7. The largest absolute Gasteiger partial charge is 0.465 e. The Balaban J connectivity index is 1.96. The first-order valence-electron chi connectivity index (χ1n) is 6.07. The molecule has 1 aromatic heterocycles. The third kappa shape index (κ3) is 3.46. The second-order valence-corrected chi connectivity index (χ2v) is 5.51. The van der Waals surface area contributed by atoms with E-state index in [1.165, 1.54) is 18.1 Å². The van der Waals surface area contributed by atoms with Gasteiger partial charge >= 0.3 is 5.97 Å². The molecule has 2 rings (SSSR count). The number of H-pyrrole nitrogens is 1. The van der Waals surface area contributed by atoms with Gasteiger partial charge in [0.1, 0.15) is 11.9 Å². The summed E-state index contributed by atoms with van der Waals surface area (Å²) in [6.07, 6.45) is 3.71. The van der Waals surface area contributed by atoms with Gasteiger partial charge in [-0.05, 0) is 26.7 Å². The number of carbonyl (C=O) groups excluding carboxylic acids is 1. The standard InChI is InChI=1S/C11H18N4O2S/c1-3-17-9(16)11(2,14-8-4-5-8)6-18-10-12-7-13-15-10/h7-8,14H,3-6H2,1-2H3,(H,12,13,15). The second kappa shape index (κ2) is 5.71. The van der Waals surface area contributed by atoms with Crippen LogP contribution in [0.1, 0.15) is 26.7 Å². The van der Waals surface area contributed by atoms with E-state index in [-0.39, 0.29) is 5.97 Å². The number of nitrogens with one attached hydrogen (secondary N) is 2. The molecule has 100 valence electrons. The molecule has 0 aromatic carbocycles. The van der Waals surface area contributed by atoms with E-state index in [1.807, 2.05) is 13.8 Å². The summed E-state index contributed by atoms with van der Waals surface area (Å²) < 4.78 is 5.14. The molecule has 1 aromatic rings. The van der Waals surface area contributed by atoms with Crippen LogP contribution in [0.25, 0.3) is 0 Å². The molecule has 1 unspecified atom stereocenters. The van der Waals surface area contributed by atoms with Crippen LogP contribution in [-0.4, -0.2) is 45.1 Å². The highest BCUT2D eigenvalue weighted by molar-refractivity contribution is 7.99. The topological polar surface area (TPSA) is 79.9 Å². The van der Waals surface area contributed by atoms with Crippen molar-refractivity contribution in [3.63, 3.8) is 0 Å². The fourth-order valence-electron chi connectivity index (χ4n) is 1.60. The van der Waals surface area contributed by atoms with E-state index < -0.39 is 5.54 Å². The molecule has 18 heavy (non-hydrogen) atoms. The Labute approximate surface area is 110 Å². The number of thioether (sulfide) groups is 1. The molecule has 0 aliphatic heterocycles. The van der Waals surface area contributed by atoms with Gasteiger partial charge < -0.3 is 4.74 Å². The smallest absolute Gasteiger partial charge is 0.326 e. The van der Waals surface area contributed by atoms with Crippen LogP contribution in [-0.2, 0) is 9.53 Å². The molecule has 0 spiro atoms. The van der Waals surface area contributed by atoms with E-state index >= 15 is 0 Å². The van der Waals surface area contributed by atoms with E-state index in [1.54, 1.807) is 0 Å². The number of aromatic amines is 1. The predicted octanol–water partition coefficient (Wildman–Crippen LogP) is 0.971. The molecule has 1 aliphatic carbocycles. The lowest BCUT2D eigenvalue weighted by Crippen LogP contribution is -2.53. The molecule has 1 saturated carbocycles. The number of aromatic nitrogens is 3. The number of ether oxygens (including phenoxy) is 1. The third-order valence-electron chi connectivity index (χ3n) is 2.72. The normalized spacial score (nSPS) is 18.3. The SMILES string of the molecule is CCOC(=O)C(C)(CSc1ncn[nH]1)NC1CC1. The van der Waals surface area contributed by atoms with E-state index in [9.17, 15) is 4.79 Å². The predicted molar refractivity (Wildman–Crippen MR) is 68.3 cm³/mol. The van der Waals surface area contributed by atoms with Crippen molar-refractivity contribution in [2.45, 2.75) is 43.4 Å². The molecule has 1 heterocycles. The summed E-state index contributed by atoms with van der Waals surface area (Å²) in [5, 5.41) is 10.6. The zero-order valence-electron chi connectivity index (χ0n) is 10.6. The van der Waals surface area contributed by atoms with Crippen molar-refractivity contribution in [2.24, 2.45) is 0 Å². The summed E-state index contributed by atoms with van der Waals surface area (Å²) in [6.45, 7) is 4.10. The van der Waals surface area contributed by atoms with E-state index in [0.29, 0.717) is 23.6 Å². The fraction of sp³-hybridized carbons (Fsp3) is 0.727. The van der Waals surface area contributed by atoms with Crippen molar-refractivity contribution < 1.29 is 9.53 Å². The lowest BCUT2D eigenvalue weighted by atomic mass is 10.1. The molecule has 1 atom stereocenters. The van der Waals surface area contributed by atoms with Crippen molar-refractivity contribution in [3.05, 3.63) is 6.33 Å². The van der Waals surface area contributed by atoms with Crippen LogP contribution < -0.4 is 5.32 Å². The van der Waals surface area contributed by atoms with Gasteiger partial charge in [-0.25, -0.2) is 4.98 Å². The van der Waals surface area contributed by atoms with Crippen molar-refractivity contribution >= 4 is 17.7 Å². The summed E-state index contributed by atoms with van der Waals surface area (Å²) in [6, 6.07) is 0.440. The first kappa shape index (κ1) is 13.4. The minimum atomic E-state index is -0.672. The average Bonchev–Trinajstić information content (AvgIpc) is 2.99. The second-order valence-electron chi connectivity index (χ2n) is 4.55. The molecule has 1 aliphatic rings. The van der Waals surface area contributed by atoms with Crippen LogP contribution in [0.3, 0.4) is 0 Å². The number of hydrogen-bond acceptors (Lipinski definition) is 6. The van der Waals surface area contributed by atoms with E-state index in [4.69, 9.17) is 4.74 Å². The Morgan fingerprint density at radius 3 is 3.06 bits per heavy atom. The Morgan fingerprint density at radius 2 is 2.50 bits per heavy atom. The molecular formula is C11H18N4O2S. The quantitative estimate of drug-likeness (QED) is 0.568.